The van der Waals surface area contributed by atoms with Crippen LogP contribution in [0.1, 0.15) is 44.7 Å². The van der Waals surface area contributed by atoms with Crippen LogP contribution in [-0.2, 0) is 9.59 Å². The molecule has 2 rings (SSSR count). The van der Waals surface area contributed by atoms with Crippen molar-refractivity contribution in [1.29, 1.82) is 0 Å². The lowest BCUT2D eigenvalue weighted by Crippen LogP contribution is -2.40. The Balaban J connectivity index is 1.93. The van der Waals surface area contributed by atoms with Crippen molar-refractivity contribution in [2.75, 3.05) is 13.1 Å². The van der Waals surface area contributed by atoms with Crippen molar-refractivity contribution in [2.24, 2.45) is 5.92 Å². The molecule has 0 radical (unpaired) electrons. The zero-order valence-corrected chi connectivity index (χ0v) is 14.2. The number of nitrogens with one attached hydrogen (secondary N) is 1. The lowest BCUT2D eigenvalue weighted by molar-refractivity contribution is -0.142. The first-order chi connectivity index (χ1) is 11.4. The quantitative estimate of drug-likeness (QED) is 0.838. The molecule has 1 aromatic carbocycles. The Labute approximate surface area is 141 Å². The van der Waals surface area contributed by atoms with Crippen LogP contribution in [0.5, 0.6) is 0 Å². The minimum atomic E-state index is -1.35. The number of carbonyl (C=O) groups is 2. The summed E-state index contributed by atoms with van der Waals surface area (Å²) in [5.74, 6) is -1.98. The second kappa shape index (κ2) is 8.24. The van der Waals surface area contributed by atoms with Gasteiger partial charge in [0.1, 0.15) is 5.82 Å². The van der Waals surface area contributed by atoms with Crippen LogP contribution in [-0.4, -0.2) is 41.0 Å². The topological polar surface area (TPSA) is 69.6 Å². The zero-order chi connectivity index (χ0) is 17.7. The Hall–Kier alpha value is -1.95. The van der Waals surface area contributed by atoms with E-state index in [0.717, 1.165) is 25.9 Å². The van der Waals surface area contributed by atoms with Gasteiger partial charge in [-0.2, -0.15) is 0 Å². The molecule has 0 unspecified atom stereocenters. The first kappa shape index (κ1) is 18.4. The Kier molecular flexibility index (Phi) is 6.31. The molecule has 1 aromatic rings. The standard InChI is InChI=1S/C18H25FN2O3/c1-12(2)21-9-7-13(8-10-21)11-16(22)20-17(18(23)24)14-5-3-4-6-15(14)19/h3-6,12-13,17H,7-11H2,1-2H3,(H,20,22)(H,23,24)/t17-/m1/s1. The molecule has 1 amide bonds. The van der Waals surface area contributed by atoms with Crippen molar-refractivity contribution >= 4 is 11.9 Å². The fourth-order valence-electron chi connectivity index (χ4n) is 3.14. The molecule has 1 aliphatic heterocycles. The third-order valence-electron chi connectivity index (χ3n) is 4.62. The second-order valence-electron chi connectivity index (χ2n) is 6.64. The van der Waals surface area contributed by atoms with Crippen molar-refractivity contribution in [2.45, 2.75) is 45.2 Å². The molecule has 0 aromatic heterocycles. The van der Waals surface area contributed by atoms with E-state index >= 15 is 0 Å². The minimum Gasteiger partial charge on any atom is -0.479 e. The van der Waals surface area contributed by atoms with E-state index in [1.54, 1.807) is 6.07 Å². The van der Waals surface area contributed by atoms with Gasteiger partial charge in [-0.25, -0.2) is 9.18 Å². The number of piperidine rings is 1. The Morgan fingerprint density at radius 3 is 2.46 bits per heavy atom. The number of likely N-dealkylation sites (tertiary alicyclic amines) is 1. The van der Waals surface area contributed by atoms with E-state index in [4.69, 9.17) is 0 Å². The van der Waals surface area contributed by atoms with Gasteiger partial charge in [0.05, 0.1) is 0 Å². The molecule has 1 heterocycles. The molecule has 24 heavy (non-hydrogen) atoms. The molecule has 2 N–H and O–H groups in total. The van der Waals surface area contributed by atoms with Gasteiger partial charge in [-0.1, -0.05) is 18.2 Å². The van der Waals surface area contributed by atoms with Crippen LogP contribution in [0.4, 0.5) is 4.39 Å². The van der Waals surface area contributed by atoms with Crippen LogP contribution in [0.3, 0.4) is 0 Å². The van der Waals surface area contributed by atoms with E-state index in [2.05, 4.69) is 24.1 Å². The van der Waals surface area contributed by atoms with Crippen molar-refractivity contribution < 1.29 is 19.1 Å². The summed E-state index contributed by atoms with van der Waals surface area (Å²) in [5, 5.41) is 11.8. The molecule has 1 fully saturated rings. The monoisotopic (exact) mass is 336 g/mol. The molecule has 6 heteroatoms. The Bertz CT molecular complexity index is 583. The van der Waals surface area contributed by atoms with Gasteiger partial charge in [0.15, 0.2) is 6.04 Å². The lowest BCUT2D eigenvalue weighted by Gasteiger charge is -2.34. The molecule has 0 saturated carbocycles. The second-order valence-corrected chi connectivity index (χ2v) is 6.64. The number of hydrogen-bond acceptors (Lipinski definition) is 3. The summed E-state index contributed by atoms with van der Waals surface area (Å²) in [4.78, 5) is 26.0. The van der Waals surface area contributed by atoms with Gasteiger partial charge >= 0.3 is 5.97 Å². The zero-order valence-electron chi connectivity index (χ0n) is 14.2. The van der Waals surface area contributed by atoms with Crippen LogP contribution < -0.4 is 5.32 Å². The number of aliphatic carboxylic acids is 1. The predicted octanol–water partition coefficient (Wildman–Crippen LogP) is 2.58. The van der Waals surface area contributed by atoms with Crippen LogP contribution in [0.2, 0.25) is 0 Å². The van der Waals surface area contributed by atoms with Gasteiger partial charge in [-0.05, 0) is 51.8 Å². The molecule has 0 bridgehead atoms. The van der Waals surface area contributed by atoms with E-state index < -0.39 is 17.8 Å². The molecule has 0 spiro atoms. The summed E-state index contributed by atoms with van der Waals surface area (Å²) in [6.45, 7) is 6.20. The van der Waals surface area contributed by atoms with Crippen molar-refractivity contribution in [3.63, 3.8) is 0 Å². The van der Waals surface area contributed by atoms with Crippen molar-refractivity contribution in [1.82, 2.24) is 10.2 Å². The number of hydrogen-bond donors (Lipinski definition) is 2. The van der Waals surface area contributed by atoms with Gasteiger partial charge in [-0.15, -0.1) is 0 Å². The third-order valence-corrected chi connectivity index (χ3v) is 4.62. The first-order valence-corrected chi connectivity index (χ1v) is 8.39. The van der Waals surface area contributed by atoms with Crippen LogP contribution in [0, 0.1) is 11.7 Å². The maximum Gasteiger partial charge on any atom is 0.331 e. The SMILES string of the molecule is CC(C)N1CCC(CC(=O)N[C@@H](C(=O)O)c2ccccc2F)CC1. The fourth-order valence-corrected chi connectivity index (χ4v) is 3.14. The number of nitrogens with zero attached hydrogens (tertiary/aromatic N) is 1. The molecular weight excluding hydrogens is 311 g/mol. The van der Waals surface area contributed by atoms with Gasteiger partial charge in [0, 0.05) is 18.0 Å². The van der Waals surface area contributed by atoms with E-state index in [-0.39, 0.29) is 23.8 Å². The summed E-state index contributed by atoms with van der Waals surface area (Å²) in [6.07, 6.45) is 2.12. The van der Waals surface area contributed by atoms with Crippen LogP contribution in [0.15, 0.2) is 24.3 Å². The Morgan fingerprint density at radius 2 is 1.92 bits per heavy atom. The molecule has 0 aliphatic carbocycles. The summed E-state index contributed by atoms with van der Waals surface area (Å²) < 4.78 is 13.8. The van der Waals surface area contributed by atoms with Gasteiger partial charge in [0.2, 0.25) is 5.91 Å². The fraction of sp³-hybridized carbons (Fsp3) is 0.556. The van der Waals surface area contributed by atoms with Crippen molar-refractivity contribution in [3.8, 4) is 0 Å². The number of carboxylic acids is 1. The van der Waals surface area contributed by atoms with E-state index in [1.165, 1.54) is 18.2 Å². The summed E-state index contributed by atoms with van der Waals surface area (Å²) >= 11 is 0. The lowest BCUT2D eigenvalue weighted by atomic mass is 9.92. The number of benzene rings is 1. The van der Waals surface area contributed by atoms with Gasteiger partial charge < -0.3 is 15.3 Å². The molecule has 1 atom stereocenters. The van der Waals surface area contributed by atoms with Crippen molar-refractivity contribution in [3.05, 3.63) is 35.6 Å². The largest absolute Gasteiger partial charge is 0.479 e. The summed E-state index contributed by atoms with van der Waals surface area (Å²) in [5.41, 5.74) is -0.0204. The maximum atomic E-state index is 13.8. The maximum absolute atomic E-state index is 13.8. The molecule has 132 valence electrons. The average molecular weight is 336 g/mol. The smallest absolute Gasteiger partial charge is 0.331 e. The highest BCUT2D eigenvalue weighted by Crippen LogP contribution is 2.23. The Morgan fingerprint density at radius 1 is 1.29 bits per heavy atom. The number of carboxylic acid groups (broad SMARTS) is 1. The highest BCUT2D eigenvalue weighted by Gasteiger charge is 2.27. The van der Waals surface area contributed by atoms with Crippen LogP contribution in [0.25, 0.3) is 0 Å². The number of carbonyl (C=O) groups excluding carboxylic acids is 1. The highest BCUT2D eigenvalue weighted by molar-refractivity contribution is 5.84. The average Bonchev–Trinajstić information content (AvgIpc) is 2.53. The molecule has 1 saturated heterocycles. The summed E-state index contributed by atoms with van der Waals surface area (Å²) in [7, 11) is 0. The number of halogens is 1. The summed E-state index contributed by atoms with van der Waals surface area (Å²) in [6, 6.07) is 4.77. The highest BCUT2D eigenvalue weighted by atomic mass is 19.1. The number of amides is 1. The van der Waals surface area contributed by atoms with Gasteiger partial charge in [-0.3, -0.25) is 4.79 Å². The molecular formula is C18H25FN2O3. The van der Waals surface area contributed by atoms with E-state index in [9.17, 15) is 19.1 Å². The first-order valence-electron chi connectivity index (χ1n) is 8.39. The van der Waals surface area contributed by atoms with Gasteiger partial charge in [0.25, 0.3) is 0 Å². The minimum absolute atomic E-state index is 0.0204. The normalized spacial score (nSPS) is 17.7. The third kappa shape index (κ3) is 4.77. The predicted molar refractivity (Wildman–Crippen MR) is 89.0 cm³/mol. The van der Waals surface area contributed by atoms with Crippen LogP contribution >= 0.6 is 0 Å². The molecule has 1 aliphatic rings. The van der Waals surface area contributed by atoms with E-state index in [0.29, 0.717) is 6.04 Å². The number of rotatable bonds is 6. The molecule has 5 nitrogen and oxygen atoms in total. The van der Waals surface area contributed by atoms with E-state index in [1.807, 2.05) is 0 Å².